The number of aromatic nitrogens is 4. The van der Waals surface area contributed by atoms with Crippen molar-refractivity contribution in [2.24, 2.45) is 5.14 Å². The van der Waals surface area contributed by atoms with Crippen molar-refractivity contribution in [2.45, 2.75) is 11.8 Å². The molecule has 2 aromatic carbocycles. The number of hydrogen-bond donors (Lipinski definition) is 1. The van der Waals surface area contributed by atoms with Gasteiger partial charge in [0, 0.05) is 21.8 Å². The summed E-state index contributed by atoms with van der Waals surface area (Å²) in [5.74, 6) is 0.711. The Bertz CT molecular complexity index is 1290. The van der Waals surface area contributed by atoms with Gasteiger partial charge in [0.2, 0.25) is 21.7 Å². The van der Waals surface area contributed by atoms with Gasteiger partial charge in [-0.1, -0.05) is 28.9 Å². The van der Waals surface area contributed by atoms with Crippen LogP contribution in [0.15, 0.2) is 64.0 Å². The standard InChI is InChI=1S/C19H14ClN5O3S/c1-11-10-16(12-2-6-14(20)7-3-12)23-18(22-11)19-24-17(25-28-19)13-4-8-15(9-5-13)29(21,26)27/h2-10H,1H3,(H2,21,26,27). The first-order chi connectivity index (χ1) is 13.8. The van der Waals surface area contributed by atoms with Crippen LogP contribution in [0, 0.1) is 6.92 Å². The average Bonchev–Trinajstić information content (AvgIpc) is 3.18. The zero-order chi connectivity index (χ0) is 20.6. The summed E-state index contributed by atoms with van der Waals surface area (Å²) < 4.78 is 28.1. The third-order valence-electron chi connectivity index (χ3n) is 4.05. The largest absolute Gasteiger partial charge is 0.330 e. The Labute approximate surface area is 171 Å². The van der Waals surface area contributed by atoms with Gasteiger partial charge >= 0.3 is 0 Å². The van der Waals surface area contributed by atoms with Crippen LogP contribution in [0.5, 0.6) is 0 Å². The van der Waals surface area contributed by atoms with Gasteiger partial charge in [0.1, 0.15) is 0 Å². The molecule has 0 unspecified atom stereocenters. The molecule has 0 radical (unpaired) electrons. The molecule has 146 valence electrons. The highest BCUT2D eigenvalue weighted by Crippen LogP contribution is 2.25. The van der Waals surface area contributed by atoms with Crippen molar-refractivity contribution in [3.8, 4) is 34.4 Å². The van der Waals surface area contributed by atoms with Crippen LogP contribution >= 0.6 is 11.6 Å². The lowest BCUT2D eigenvalue weighted by Gasteiger charge is -2.04. The molecule has 0 saturated heterocycles. The van der Waals surface area contributed by atoms with E-state index in [4.69, 9.17) is 21.3 Å². The minimum Gasteiger partial charge on any atom is -0.330 e. The first-order valence-corrected chi connectivity index (χ1v) is 10.3. The van der Waals surface area contributed by atoms with Crippen molar-refractivity contribution in [3.63, 3.8) is 0 Å². The first kappa shape index (κ1) is 19.2. The summed E-state index contributed by atoms with van der Waals surface area (Å²) in [7, 11) is -3.77. The Hall–Kier alpha value is -3.14. The second-order valence-corrected chi connectivity index (χ2v) is 8.22. The van der Waals surface area contributed by atoms with E-state index in [-0.39, 0.29) is 22.4 Å². The van der Waals surface area contributed by atoms with E-state index in [1.807, 2.05) is 25.1 Å². The number of rotatable bonds is 4. The van der Waals surface area contributed by atoms with E-state index in [2.05, 4.69) is 20.1 Å². The Kier molecular flexibility index (Phi) is 4.87. The first-order valence-electron chi connectivity index (χ1n) is 8.38. The highest BCUT2D eigenvalue weighted by molar-refractivity contribution is 7.89. The molecule has 0 aliphatic rings. The highest BCUT2D eigenvalue weighted by atomic mass is 35.5. The quantitative estimate of drug-likeness (QED) is 0.528. The van der Waals surface area contributed by atoms with Gasteiger partial charge < -0.3 is 4.52 Å². The third-order valence-corrected chi connectivity index (χ3v) is 5.23. The zero-order valence-corrected chi connectivity index (χ0v) is 16.6. The average molecular weight is 428 g/mol. The fourth-order valence-corrected chi connectivity index (χ4v) is 3.30. The van der Waals surface area contributed by atoms with Crippen LogP contribution in [0.1, 0.15) is 5.69 Å². The van der Waals surface area contributed by atoms with E-state index >= 15 is 0 Å². The molecule has 0 aliphatic heterocycles. The Morgan fingerprint density at radius 2 is 1.55 bits per heavy atom. The van der Waals surface area contributed by atoms with Crippen LogP contribution in [0.3, 0.4) is 0 Å². The maximum Gasteiger partial charge on any atom is 0.296 e. The third kappa shape index (κ3) is 4.16. The Morgan fingerprint density at radius 3 is 2.21 bits per heavy atom. The predicted octanol–water partition coefficient (Wildman–Crippen LogP) is 3.47. The summed E-state index contributed by atoms with van der Waals surface area (Å²) in [5.41, 5.74) is 2.87. The minimum atomic E-state index is -3.77. The summed E-state index contributed by atoms with van der Waals surface area (Å²) in [6.07, 6.45) is 0. The molecule has 29 heavy (non-hydrogen) atoms. The second kappa shape index (κ2) is 7.36. The second-order valence-electron chi connectivity index (χ2n) is 6.22. The van der Waals surface area contributed by atoms with Gasteiger partial charge in [-0.25, -0.2) is 23.5 Å². The SMILES string of the molecule is Cc1cc(-c2ccc(Cl)cc2)nc(-c2nc(-c3ccc(S(N)(=O)=O)cc3)no2)n1. The zero-order valence-electron chi connectivity index (χ0n) is 15.1. The summed E-state index contributed by atoms with van der Waals surface area (Å²) in [6.45, 7) is 1.84. The van der Waals surface area contributed by atoms with E-state index in [1.54, 1.807) is 24.3 Å². The molecule has 0 aliphatic carbocycles. The van der Waals surface area contributed by atoms with Gasteiger partial charge in [0.05, 0.1) is 10.6 Å². The minimum absolute atomic E-state index is 0.000378. The van der Waals surface area contributed by atoms with E-state index in [9.17, 15) is 8.42 Å². The van der Waals surface area contributed by atoms with Crippen molar-refractivity contribution in [2.75, 3.05) is 0 Å². The van der Waals surface area contributed by atoms with E-state index in [1.165, 1.54) is 12.1 Å². The smallest absolute Gasteiger partial charge is 0.296 e. The van der Waals surface area contributed by atoms with Gasteiger partial charge in [-0.2, -0.15) is 4.98 Å². The van der Waals surface area contributed by atoms with Crippen molar-refractivity contribution in [3.05, 3.63) is 65.3 Å². The molecule has 2 heterocycles. The van der Waals surface area contributed by atoms with Gasteiger partial charge in [-0.15, -0.1) is 0 Å². The summed E-state index contributed by atoms with van der Waals surface area (Å²) >= 11 is 5.95. The molecule has 0 atom stereocenters. The van der Waals surface area contributed by atoms with Crippen LogP contribution in [-0.4, -0.2) is 28.5 Å². The molecule has 0 amide bonds. The number of aryl methyl sites for hydroxylation is 1. The lowest BCUT2D eigenvalue weighted by Crippen LogP contribution is -2.11. The van der Waals surface area contributed by atoms with Gasteiger partial charge in [0.15, 0.2) is 0 Å². The number of hydrogen-bond acceptors (Lipinski definition) is 7. The summed E-state index contributed by atoms with van der Waals surface area (Å²) in [4.78, 5) is 13.2. The Balaban J connectivity index is 1.68. The van der Waals surface area contributed by atoms with E-state index in [0.29, 0.717) is 16.3 Å². The lowest BCUT2D eigenvalue weighted by molar-refractivity contribution is 0.429. The number of nitrogens with two attached hydrogens (primary N) is 1. The molecule has 4 aromatic rings. The number of primary sulfonamides is 1. The van der Waals surface area contributed by atoms with Crippen LogP contribution in [0.25, 0.3) is 34.4 Å². The fraction of sp³-hybridized carbons (Fsp3) is 0.0526. The maximum absolute atomic E-state index is 11.4. The lowest BCUT2D eigenvalue weighted by atomic mass is 10.1. The molecule has 0 bridgehead atoms. The van der Waals surface area contributed by atoms with Crippen LogP contribution in [0.4, 0.5) is 0 Å². The molecule has 8 nitrogen and oxygen atoms in total. The number of nitrogens with zero attached hydrogens (tertiary/aromatic N) is 4. The molecular formula is C19H14ClN5O3S. The van der Waals surface area contributed by atoms with E-state index in [0.717, 1.165) is 11.3 Å². The molecule has 0 fully saturated rings. The maximum atomic E-state index is 11.4. The number of halogens is 1. The molecule has 10 heteroatoms. The van der Waals surface area contributed by atoms with Gasteiger partial charge in [-0.3, -0.25) is 0 Å². The van der Waals surface area contributed by atoms with Gasteiger partial charge in [0.25, 0.3) is 5.89 Å². The molecule has 0 saturated carbocycles. The van der Waals surface area contributed by atoms with Gasteiger partial charge in [-0.05, 0) is 49.4 Å². The number of benzene rings is 2. The molecule has 4 rings (SSSR count). The normalized spacial score (nSPS) is 11.6. The highest BCUT2D eigenvalue weighted by Gasteiger charge is 2.16. The van der Waals surface area contributed by atoms with Crippen molar-refractivity contribution in [1.29, 1.82) is 0 Å². The van der Waals surface area contributed by atoms with Crippen LogP contribution < -0.4 is 5.14 Å². The predicted molar refractivity (Wildman–Crippen MR) is 107 cm³/mol. The Morgan fingerprint density at radius 1 is 0.897 bits per heavy atom. The van der Waals surface area contributed by atoms with E-state index < -0.39 is 10.0 Å². The monoisotopic (exact) mass is 427 g/mol. The molecule has 0 spiro atoms. The fourth-order valence-electron chi connectivity index (χ4n) is 2.66. The molecular weight excluding hydrogens is 414 g/mol. The van der Waals surface area contributed by atoms with Crippen molar-refractivity contribution >= 4 is 21.6 Å². The topological polar surface area (TPSA) is 125 Å². The van der Waals surface area contributed by atoms with Crippen molar-refractivity contribution in [1.82, 2.24) is 20.1 Å². The number of sulfonamides is 1. The van der Waals surface area contributed by atoms with Crippen LogP contribution in [0.2, 0.25) is 5.02 Å². The molecule has 2 aromatic heterocycles. The summed E-state index contributed by atoms with van der Waals surface area (Å²) in [5, 5.41) is 9.68. The molecule has 2 N–H and O–H groups in total. The van der Waals surface area contributed by atoms with Crippen molar-refractivity contribution < 1.29 is 12.9 Å². The van der Waals surface area contributed by atoms with Crippen LogP contribution in [-0.2, 0) is 10.0 Å². The summed E-state index contributed by atoms with van der Waals surface area (Å²) in [6, 6.07) is 15.0.